The number of aromatic nitrogens is 1. The first-order valence-electron chi connectivity index (χ1n) is 3.06. The second-order valence-corrected chi connectivity index (χ2v) is 1.93. The molecule has 0 amide bonds. The van der Waals surface area contributed by atoms with Gasteiger partial charge < -0.3 is 0 Å². The molecule has 0 atom stereocenters. The molecule has 0 bridgehead atoms. The summed E-state index contributed by atoms with van der Waals surface area (Å²) in [5, 5.41) is 13.5. The van der Waals surface area contributed by atoms with Crippen LogP contribution in [-0.2, 0) is 0 Å². The Kier molecular flexibility index (Phi) is 2.32. The predicted octanol–water partition coefficient (Wildman–Crippen LogP) is 1.02. The molecule has 0 fully saturated rings. The van der Waals surface area contributed by atoms with Crippen LogP contribution in [0.2, 0.25) is 0 Å². The number of nitrogens with zero attached hydrogens (tertiary/aromatic N) is 3. The van der Waals surface area contributed by atoms with Gasteiger partial charge in [0.05, 0.1) is 4.92 Å². The molecule has 62 valence electrons. The molecule has 0 spiro atoms. The van der Waals surface area contributed by atoms with Crippen molar-refractivity contribution in [3.05, 3.63) is 28.4 Å². The van der Waals surface area contributed by atoms with Gasteiger partial charge in [-0.1, -0.05) is 0 Å². The Balaban J connectivity index is 2.85. The number of hydrogen-bond acceptors (Lipinski definition) is 5. The third-order valence-electron chi connectivity index (χ3n) is 1.15. The number of hydrogen-bond donors (Lipinski definition) is 1. The monoisotopic (exact) mass is 166 g/mol. The quantitative estimate of drug-likeness (QED) is 0.413. The van der Waals surface area contributed by atoms with E-state index >= 15 is 0 Å². The van der Waals surface area contributed by atoms with Crippen LogP contribution in [0.1, 0.15) is 0 Å². The minimum atomic E-state index is -0.516. The third-order valence-corrected chi connectivity index (χ3v) is 1.15. The molecule has 0 aliphatic carbocycles. The van der Waals surface area contributed by atoms with Crippen LogP contribution in [0, 0.1) is 10.1 Å². The van der Waals surface area contributed by atoms with E-state index in [4.69, 9.17) is 0 Å². The summed E-state index contributed by atoms with van der Waals surface area (Å²) >= 11 is 0. The predicted molar refractivity (Wildman–Crippen MR) is 44.1 cm³/mol. The lowest BCUT2D eigenvalue weighted by molar-refractivity contribution is -0.385. The Labute approximate surface area is 68.1 Å². The number of rotatable bonds is 3. The molecule has 0 saturated heterocycles. The number of anilines is 1. The van der Waals surface area contributed by atoms with Crippen molar-refractivity contribution in [2.24, 2.45) is 5.10 Å². The van der Waals surface area contributed by atoms with Crippen LogP contribution in [0.25, 0.3) is 0 Å². The zero-order valence-corrected chi connectivity index (χ0v) is 6.10. The smallest absolute Gasteiger partial charge is 0.262 e. The Morgan fingerprint density at radius 3 is 2.83 bits per heavy atom. The third kappa shape index (κ3) is 1.75. The molecule has 1 aromatic rings. The van der Waals surface area contributed by atoms with Gasteiger partial charge in [0.25, 0.3) is 5.69 Å². The molecule has 1 N–H and O–H groups in total. The Hall–Kier alpha value is -1.98. The molecule has 1 rings (SSSR count). The largest absolute Gasteiger partial charge is 0.287 e. The molecule has 1 heterocycles. The molecule has 1 aromatic heterocycles. The molecule has 0 saturated carbocycles. The van der Waals surface area contributed by atoms with Crippen molar-refractivity contribution in [2.45, 2.75) is 0 Å². The maximum absolute atomic E-state index is 10.2. The first-order valence-corrected chi connectivity index (χ1v) is 3.06. The first kappa shape index (κ1) is 8.12. The highest BCUT2D eigenvalue weighted by molar-refractivity contribution is 5.41. The first-order chi connectivity index (χ1) is 5.74. The van der Waals surface area contributed by atoms with Gasteiger partial charge in [-0.15, -0.1) is 0 Å². The van der Waals surface area contributed by atoms with Crippen LogP contribution in [-0.4, -0.2) is 16.6 Å². The van der Waals surface area contributed by atoms with Crippen molar-refractivity contribution in [1.29, 1.82) is 0 Å². The van der Waals surface area contributed by atoms with E-state index in [1.165, 1.54) is 12.1 Å². The molecule has 6 heteroatoms. The minimum Gasteiger partial charge on any atom is -0.262 e. The zero-order chi connectivity index (χ0) is 8.97. The van der Waals surface area contributed by atoms with Crippen molar-refractivity contribution in [3.63, 3.8) is 0 Å². The Morgan fingerprint density at radius 2 is 2.42 bits per heavy atom. The van der Waals surface area contributed by atoms with E-state index in [-0.39, 0.29) is 5.69 Å². The van der Waals surface area contributed by atoms with Crippen LogP contribution in [0.15, 0.2) is 23.4 Å². The van der Waals surface area contributed by atoms with Gasteiger partial charge in [-0.25, -0.2) is 4.98 Å². The molecule has 0 aromatic carbocycles. The van der Waals surface area contributed by atoms with Gasteiger partial charge in [0.15, 0.2) is 0 Å². The second-order valence-electron chi connectivity index (χ2n) is 1.93. The number of hydrazone groups is 1. The SMILES string of the molecule is C=NNc1ccc([N+](=O)[O-])cn1. The van der Waals surface area contributed by atoms with Gasteiger partial charge in [-0.3, -0.25) is 15.5 Å². The summed E-state index contributed by atoms with van der Waals surface area (Å²) in [6.07, 6.45) is 1.15. The van der Waals surface area contributed by atoms with Crippen LogP contribution in [0.5, 0.6) is 0 Å². The maximum Gasteiger partial charge on any atom is 0.287 e. The Bertz CT molecular complexity index is 295. The van der Waals surface area contributed by atoms with Crippen LogP contribution in [0.4, 0.5) is 11.5 Å². The van der Waals surface area contributed by atoms with Gasteiger partial charge in [0.1, 0.15) is 12.0 Å². The van der Waals surface area contributed by atoms with Crippen molar-refractivity contribution in [2.75, 3.05) is 5.43 Å². The Morgan fingerprint density at radius 1 is 1.67 bits per heavy atom. The summed E-state index contributed by atoms with van der Waals surface area (Å²) in [6, 6.07) is 2.79. The second kappa shape index (κ2) is 3.42. The molecule has 0 aliphatic rings. The molecular weight excluding hydrogens is 160 g/mol. The van der Waals surface area contributed by atoms with Crippen molar-refractivity contribution >= 4 is 18.2 Å². The van der Waals surface area contributed by atoms with Crippen LogP contribution in [0.3, 0.4) is 0 Å². The van der Waals surface area contributed by atoms with Crippen molar-refractivity contribution in [1.82, 2.24) is 4.98 Å². The lowest BCUT2D eigenvalue weighted by Gasteiger charge is -1.95. The van der Waals surface area contributed by atoms with E-state index in [0.717, 1.165) is 6.20 Å². The van der Waals surface area contributed by atoms with E-state index < -0.39 is 4.92 Å². The van der Waals surface area contributed by atoms with Gasteiger partial charge >= 0.3 is 0 Å². The highest BCUT2D eigenvalue weighted by Gasteiger charge is 2.03. The number of nitrogens with one attached hydrogen (secondary N) is 1. The fourth-order valence-electron chi connectivity index (χ4n) is 0.641. The standard InChI is InChI=1S/C6H6N4O2/c1-7-9-6-3-2-5(4-8-6)10(11)12/h2-4H,1H2,(H,8,9). The van der Waals surface area contributed by atoms with E-state index in [2.05, 4.69) is 22.2 Å². The molecule has 0 unspecified atom stereocenters. The fourth-order valence-corrected chi connectivity index (χ4v) is 0.641. The van der Waals surface area contributed by atoms with Crippen LogP contribution < -0.4 is 5.43 Å². The average Bonchev–Trinajstić information content (AvgIpc) is 2.06. The minimum absolute atomic E-state index is 0.0513. The molecule has 0 radical (unpaired) electrons. The average molecular weight is 166 g/mol. The number of pyridine rings is 1. The molecule has 6 nitrogen and oxygen atoms in total. The topological polar surface area (TPSA) is 80.4 Å². The zero-order valence-electron chi connectivity index (χ0n) is 6.10. The van der Waals surface area contributed by atoms with E-state index in [0.29, 0.717) is 5.82 Å². The summed E-state index contributed by atoms with van der Waals surface area (Å²) in [5.74, 6) is 0.426. The highest BCUT2D eigenvalue weighted by Crippen LogP contribution is 2.11. The van der Waals surface area contributed by atoms with Crippen LogP contribution >= 0.6 is 0 Å². The summed E-state index contributed by atoms with van der Waals surface area (Å²) in [5.41, 5.74) is 2.40. The summed E-state index contributed by atoms with van der Waals surface area (Å²) in [4.78, 5) is 13.4. The molecular formula is C6H6N4O2. The van der Waals surface area contributed by atoms with Crippen molar-refractivity contribution in [3.8, 4) is 0 Å². The van der Waals surface area contributed by atoms with Crippen molar-refractivity contribution < 1.29 is 4.92 Å². The summed E-state index contributed by atoms with van der Waals surface area (Å²) in [6.45, 7) is 3.18. The summed E-state index contributed by atoms with van der Waals surface area (Å²) < 4.78 is 0. The van der Waals surface area contributed by atoms with E-state index in [1.807, 2.05) is 0 Å². The fraction of sp³-hybridized carbons (Fsp3) is 0. The van der Waals surface area contributed by atoms with E-state index in [1.54, 1.807) is 0 Å². The molecule has 12 heavy (non-hydrogen) atoms. The lowest BCUT2D eigenvalue weighted by atomic mass is 10.4. The van der Waals surface area contributed by atoms with E-state index in [9.17, 15) is 10.1 Å². The van der Waals surface area contributed by atoms with Gasteiger partial charge in [-0.05, 0) is 6.07 Å². The number of nitro groups is 1. The van der Waals surface area contributed by atoms with Gasteiger partial charge in [0.2, 0.25) is 0 Å². The molecule has 0 aliphatic heterocycles. The highest BCUT2D eigenvalue weighted by atomic mass is 16.6. The lowest BCUT2D eigenvalue weighted by Crippen LogP contribution is -1.92. The summed E-state index contributed by atoms with van der Waals surface area (Å²) in [7, 11) is 0. The maximum atomic E-state index is 10.2. The van der Waals surface area contributed by atoms with Gasteiger partial charge in [0, 0.05) is 12.8 Å². The van der Waals surface area contributed by atoms with Gasteiger partial charge in [-0.2, -0.15) is 5.10 Å². The normalized spacial score (nSPS) is 9.00.